The summed E-state index contributed by atoms with van der Waals surface area (Å²) in [6.45, 7) is 1.52. The maximum absolute atomic E-state index is 12.4. The van der Waals surface area contributed by atoms with Gasteiger partial charge in [0.05, 0.1) is 21.2 Å². The summed E-state index contributed by atoms with van der Waals surface area (Å²) in [6.07, 6.45) is 1.05. The Morgan fingerprint density at radius 3 is 2.29 bits per heavy atom. The van der Waals surface area contributed by atoms with Crippen molar-refractivity contribution in [2.45, 2.75) is 16.7 Å². The number of amides is 1. The number of nitrogens with one attached hydrogen (secondary N) is 1. The van der Waals surface area contributed by atoms with Crippen LogP contribution >= 0.6 is 0 Å². The maximum Gasteiger partial charge on any atom is 0.255 e. The number of carbonyl (C=O) groups is 1. The van der Waals surface area contributed by atoms with E-state index in [1.54, 1.807) is 12.1 Å². The van der Waals surface area contributed by atoms with Crippen LogP contribution in [0.25, 0.3) is 0 Å². The molecule has 0 heterocycles. The molecule has 2 aromatic rings. The molecule has 2 rings (SSSR count). The van der Waals surface area contributed by atoms with Crippen LogP contribution in [0.3, 0.4) is 0 Å². The van der Waals surface area contributed by atoms with Gasteiger partial charge in [0.1, 0.15) is 0 Å². The third-order valence-electron chi connectivity index (χ3n) is 3.37. The second-order valence-electron chi connectivity index (χ2n) is 5.15. The lowest BCUT2D eigenvalue weighted by molar-refractivity contribution is 0.102. The van der Waals surface area contributed by atoms with E-state index < -0.39 is 25.6 Å². The third-order valence-corrected chi connectivity index (χ3v) is 6.26. The van der Waals surface area contributed by atoms with E-state index in [2.05, 4.69) is 5.32 Å². The van der Waals surface area contributed by atoms with Crippen molar-refractivity contribution in [3.8, 4) is 0 Å². The summed E-state index contributed by atoms with van der Waals surface area (Å²) in [7, 11) is -6.94. The van der Waals surface area contributed by atoms with Crippen LogP contribution in [-0.4, -0.2) is 34.8 Å². The van der Waals surface area contributed by atoms with Crippen LogP contribution in [0, 0.1) is 0 Å². The minimum absolute atomic E-state index is 0.00400. The van der Waals surface area contributed by atoms with Crippen LogP contribution in [0.2, 0.25) is 0 Å². The van der Waals surface area contributed by atoms with Crippen molar-refractivity contribution in [1.82, 2.24) is 0 Å². The van der Waals surface area contributed by atoms with Gasteiger partial charge in [0.2, 0.25) is 0 Å². The molecule has 0 aliphatic heterocycles. The molecule has 0 radical (unpaired) electrons. The van der Waals surface area contributed by atoms with Gasteiger partial charge >= 0.3 is 0 Å². The number of para-hydroxylation sites is 1. The molecule has 0 unspecified atom stereocenters. The number of hydrogen-bond acceptors (Lipinski definition) is 5. The summed E-state index contributed by atoms with van der Waals surface area (Å²) in [4.78, 5) is 12.4. The van der Waals surface area contributed by atoms with E-state index in [0.717, 1.165) is 6.26 Å². The second kappa shape index (κ2) is 6.74. The molecule has 0 aliphatic rings. The number of benzene rings is 2. The van der Waals surface area contributed by atoms with Gasteiger partial charge in [-0.25, -0.2) is 16.8 Å². The van der Waals surface area contributed by atoms with E-state index >= 15 is 0 Å². The quantitative estimate of drug-likeness (QED) is 0.873. The van der Waals surface area contributed by atoms with Gasteiger partial charge in [0, 0.05) is 11.8 Å². The topological polar surface area (TPSA) is 97.4 Å². The molecule has 0 aliphatic carbocycles. The molecule has 1 amide bonds. The minimum Gasteiger partial charge on any atom is -0.321 e. The zero-order valence-corrected chi connectivity index (χ0v) is 14.8. The molecule has 0 bridgehead atoms. The first-order chi connectivity index (χ1) is 11.1. The Morgan fingerprint density at radius 1 is 1.00 bits per heavy atom. The Morgan fingerprint density at radius 2 is 1.67 bits per heavy atom. The van der Waals surface area contributed by atoms with Crippen molar-refractivity contribution < 1.29 is 21.6 Å². The predicted molar refractivity (Wildman–Crippen MR) is 91.7 cm³/mol. The molecule has 8 heteroatoms. The SMILES string of the molecule is CCS(=O)(=O)c1cccc(C(=O)Nc2ccccc2S(C)(=O)=O)c1. The number of anilines is 1. The van der Waals surface area contributed by atoms with Gasteiger partial charge in [-0.1, -0.05) is 25.1 Å². The fourth-order valence-electron chi connectivity index (χ4n) is 2.09. The van der Waals surface area contributed by atoms with Crippen LogP contribution in [0.15, 0.2) is 58.3 Å². The van der Waals surface area contributed by atoms with Crippen LogP contribution in [0.5, 0.6) is 0 Å². The first-order valence-electron chi connectivity index (χ1n) is 7.08. The number of hydrogen-bond donors (Lipinski definition) is 1. The minimum atomic E-state index is -3.51. The zero-order valence-electron chi connectivity index (χ0n) is 13.2. The van der Waals surface area contributed by atoms with E-state index in [1.807, 2.05) is 0 Å². The van der Waals surface area contributed by atoms with Gasteiger partial charge in [-0.05, 0) is 30.3 Å². The Balaban J connectivity index is 2.38. The normalized spacial score (nSPS) is 11.9. The van der Waals surface area contributed by atoms with Crippen LogP contribution in [-0.2, 0) is 19.7 Å². The Kier molecular flexibility index (Phi) is 5.10. The summed E-state index contributed by atoms with van der Waals surface area (Å²) >= 11 is 0. The van der Waals surface area contributed by atoms with Crippen molar-refractivity contribution in [3.63, 3.8) is 0 Å². The van der Waals surface area contributed by atoms with Crippen molar-refractivity contribution in [1.29, 1.82) is 0 Å². The maximum atomic E-state index is 12.4. The highest BCUT2D eigenvalue weighted by atomic mass is 32.2. The van der Waals surface area contributed by atoms with Crippen molar-refractivity contribution in [3.05, 3.63) is 54.1 Å². The molecule has 2 aromatic carbocycles. The smallest absolute Gasteiger partial charge is 0.255 e. The molecular formula is C16H17NO5S2. The summed E-state index contributed by atoms with van der Waals surface area (Å²) < 4.78 is 47.3. The first kappa shape index (κ1) is 18.2. The van der Waals surface area contributed by atoms with Crippen molar-refractivity contribution >= 4 is 31.3 Å². The second-order valence-corrected chi connectivity index (χ2v) is 9.42. The molecule has 0 saturated heterocycles. The molecule has 0 aromatic heterocycles. The lowest BCUT2D eigenvalue weighted by Gasteiger charge is -2.10. The molecule has 0 fully saturated rings. The van der Waals surface area contributed by atoms with Gasteiger partial charge < -0.3 is 5.32 Å². The van der Waals surface area contributed by atoms with E-state index in [9.17, 15) is 21.6 Å². The molecule has 0 atom stereocenters. The number of carbonyl (C=O) groups excluding carboxylic acids is 1. The summed E-state index contributed by atoms with van der Waals surface area (Å²) in [6, 6.07) is 11.6. The monoisotopic (exact) mass is 367 g/mol. The Bertz CT molecular complexity index is 979. The first-order valence-corrected chi connectivity index (χ1v) is 10.6. The highest BCUT2D eigenvalue weighted by molar-refractivity contribution is 7.91. The predicted octanol–water partition coefficient (Wildman–Crippen LogP) is 2.14. The van der Waals surface area contributed by atoms with Crippen molar-refractivity contribution in [2.75, 3.05) is 17.3 Å². The lowest BCUT2D eigenvalue weighted by atomic mass is 10.2. The summed E-state index contributed by atoms with van der Waals surface area (Å²) in [5.41, 5.74) is 0.279. The fourth-order valence-corrected chi connectivity index (χ4v) is 3.86. The average Bonchev–Trinajstić information content (AvgIpc) is 2.54. The molecular weight excluding hydrogens is 350 g/mol. The molecule has 1 N–H and O–H groups in total. The summed E-state index contributed by atoms with van der Waals surface area (Å²) in [5, 5.41) is 2.52. The van der Waals surface area contributed by atoms with Gasteiger partial charge in [0.15, 0.2) is 19.7 Å². The van der Waals surface area contributed by atoms with Crippen molar-refractivity contribution in [2.24, 2.45) is 0 Å². The van der Waals surface area contributed by atoms with Gasteiger partial charge in [-0.3, -0.25) is 4.79 Å². The van der Waals surface area contributed by atoms with E-state index in [0.29, 0.717) is 0 Å². The Labute approximate surface area is 141 Å². The zero-order chi connectivity index (χ0) is 18.0. The van der Waals surface area contributed by atoms with Crippen LogP contribution < -0.4 is 5.32 Å². The van der Waals surface area contributed by atoms with Crippen LogP contribution in [0.4, 0.5) is 5.69 Å². The van der Waals surface area contributed by atoms with Gasteiger partial charge in [-0.15, -0.1) is 0 Å². The molecule has 24 heavy (non-hydrogen) atoms. The molecule has 0 saturated carbocycles. The standard InChI is InChI=1S/C16H17NO5S2/c1-3-24(21,22)13-8-6-7-12(11-13)16(18)17-14-9-4-5-10-15(14)23(2,19)20/h4-11H,3H2,1-2H3,(H,17,18). The average molecular weight is 367 g/mol. The lowest BCUT2D eigenvalue weighted by Crippen LogP contribution is -2.15. The third kappa shape index (κ3) is 4.01. The van der Waals surface area contributed by atoms with E-state index in [4.69, 9.17) is 0 Å². The highest BCUT2D eigenvalue weighted by Crippen LogP contribution is 2.22. The Hall–Kier alpha value is -2.19. The van der Waals surface area contributed by atoms with Gasteiger partial charge in [0.25, 0.3) is 5.91 Å². The van der Waals surface area contributed by atoms with Gasteiger partial charge in [-0.2, -0.15) is 0 Å². The van der Waals surface area contributed by atoms with E-state index in [-0.39, 0.29) is 26.8 Å². The van der Waals surface area contributed by atoms with Crippen LogP contribution in [0.1, 0.15) is 17.3 Å². The molecule has 0 spiro atoms. The molecule has 6 nitrogen and oxygen atoms in total. The molecule has 128 valence electrons. The fraction of sp³-hybridized carbons (Fsp3) is 0.188. The van der Waals surface area contributed by atoms with E-state index in [1.165, 1.54) is 43.3 Å². The summed E-state index contributed by atoms with van der Waals surface area (Å²) in [5.74, 6) is -0.658. The largest absolute Gasteiger partial charge is 0.321 e. The number of rotatable bonds is 5. The number of sulfone groups is 2. The highest BCUT2D eigenvalue weighted by Gasteiger charge is 2.17.